The monoisotopic (exact) mass is 297 g/mol. The Bertz CT molecular complexity index is 642. The highest BCUT2D eigenvalue weighted by Gasteiger charge is 1.99. The van der Waals surface area contributed by atoms with Gasteiger partial charge in [0.1, 0.15) is 11.5 Å². The lowest BCUT2D eigenvalue weighted by molar-refractivity contribution is 0.394. The second-order valence-corrected chi connectivity index (χ2v) is 4.51. The van der Waals surface area contributed by atoms with Gasteiger partial charge < -0.3 is 14.8 Å². The molecule has 2 rings (SSSR count). The Balaban J connectivity index is 2.06. The molecule has 5 nitrogen and oxygen atoms in total. The molecule has 0 bridgehead atoms. The first-order valence-electron chi connectivity index (χ1n) is 6.82. The number of anilines is 1. The second-order valence-electron chi connectivity index (χ2n) is 4.51. The Morgan fingerprint density at radius 1 is 0.818 bits per heavy atom. The van der Waals surface area contributed by atoms with Gasteiger partial charge in [-0.2, -0.15) is 10.2 Å². The van der Waals surface area contributed by atoms with Gasteiger partial charge in [0.05, 0.1) is 26.6 Å². The van der Waals surface area contributed by atoms with Crippen molar-refractivity contribution < 1.29 is 9.47 Å². The van der Waals surface area contributed by atoms with Gasteiger partial charge in [-0.15, -0.1) is 0 Å². The molecule has 22 heavy (non-hydrogen) atoms. The normalized spacial score (nSPS) is 11.0. The number of hydrogen-bond acceptors (Lipinski definition) is 5. The standard InChI is InChI=1S/C17H19N3O2/c1-18-15-6-4-13(5-7-15)11-19-20-12-14-8-16(21-2)10-17(9-14)22-3/h4-12,18H,1-3H3/b19-11+,20-12+. The second kappa shape index (κ2) is 7.83. The average Bonchev–Trinajstić information content (AvgIpc) is 2.58. The highest BCUT2D eigenvalue weighted by atomic mass is 16.5. The van der Waals surface area contributed by atoms with Gasteiger partial charge in [0, 0.05) is 24.4 Å². The SMILES string of the molecule is CNc1ccc(/C=N/N=C/c2cc(OC)cc(OC)c2)cc1. The van der Waals surface area contributed by atoms with Gasteiger partial charge in [-0.3, -0.25) is 0 Å². The van der Waals surface area contributed by atoms with E-state index >= 15 is 0 Å². The minimum atomic E-state index is 0.715. The quantitative estimate of drug-likeness (QED) is 0.658. The summed E-state index contributed by atoms with van der Waals surface area (Å²) in [4.78, 5) is 0. The van der Waals surface area contributed by atoms with Crippen LogP contribution in [0, 0.1) is 0 Å². The molecule has 0 aliphatic carbocycles. The summed E-state index contributed by atoms with van der Waals surface area (Å²) in [7, 11) is 5.11. The minimum absolute atomic E-state index is 0.715. The van der Waals surface area contributed by atoms with Gasteiger partial charge >= 0.3 is 0 Å². The van der Waals surface area contributed by atoms with Crippen LogP contribution in [0.5, 0.6) is 11.5 Å². The van der Waals surface area contributed by atoms with E-state index in [0.29, 0.717) is 11.5 Å². The first-order valence-corrected chi connectivity index (χ1v) is 6.82. The van der Waals surface area contributed by atoms with Crippen molar-refractivity contribution in [2.75, 3.05) is 26.6 Å². The summed E-state index contributed by atoms with van der Waals surface area (Å²) >= 11 is 0. The molecule has 0 radical (unpaired) electrons. The zero-order valence-electron chi connectivity index (χ0n) is 12.9. The molecule has 2 aromatic carbocycles. The van der Waals surface area contributed by atoms with Crippen LogP contribution in [-0.2, 0) is 0 Å². The maximum Gasteiger partial charge on any atom is 0.123 e. The van der Waals surface area contributed by atoms with E-state index in [-0.39, 0.29) is 0 Å². The summed E-state index contributed by atoms with van der Waals surface area (Å²) in [5.41, 5.74) is 2.90. The molecule has 0 saturated carbocycles. The van der Waals surface area contributed by atoms with E-state index in [1.54, 1.807) is 26.6 Å². The van der Waals surface area contributed by atoms with Crippen LogP contribution in [0.2, 0.25) is 0 Å². The number of nitrogens with one attached hydrogen (secondary N) is 1. The predicted molar refractivity (Wildman–Crippen MR) is 90.7 cm³/mol. The van der Waals surface area contributed by atoms with Crippen molar-refractivity contribution in [1.82, 2.24) is 0 Å². The molecule has 114 valence electrons. The molecule has 0 spiro atoms. The smallest absolute Gasteiger partial charge is 0.123 e. The first kappa shape index (κ1) is 15.6. The largest absolute Gasteiger partial charge is 0.497 e. The van der Waals surface area contributed by atoms with E-state index in [1.807, 2.05) is 49.5 Å². The van der Waals surface area contributed by atoms with E-state index in [2.05, 4.69) is 15.5 Å². The van der Waals surface area contributed by atoms with E-state index < -0.39 is 0 Å². The van der Waals surface area contributed by atoms with Crippen molar-refractivity contribution in [2.24, 2.45) is 10.2 Å². The Morgan fingerprint density at radius 2 is 1.36 bits per heavy atom. The summed E-state index contributed by atoms with van der Waals surface area (Å²) in [6.45, 7) is 0. The number of benzene rings is 2. The predicted octanol–water partition coefficient (Wildman–Crippen LogP) is 3.20. The van der Waals surface area contributed by atoms with Crippen molar-refractivity contribution in [2.45, 2.75) is 0 Å². The number of ether oxygens (including phenoxy) is 2. The van der Waals surface area contributed by atoms with Crippen molar-refractivity contribution in [3.05, 3.63) is 53.6 Å². The lowest BCUT2D eigenvalue weighted by atomic mass is 10.2. The fourth-order valence-corrected chi connectivity index (χ4v) is 1.84. The summed E-state index contributed by atoms with van der Waals surface area (Å²) in [5, 5.41) is 11.2. The number of methoxy groups -OCH3 is 2. The Labute approximate surface area is 130 Å². The molecule has 0 amide bonds. The third-order valence-electron chi connectivity index (χ3n) is 3.05. The highest BCUT2D eigenvalue weighted by Crippen LogP contribution is 2.21. The van der Waals surface area contributed by atoms with Crippen LogP contribution in [0.1, 0.15) is 11.1 Å². The summed E-state index contributed by atoms with van der Waals surface area (Å²) < 4.78 is 10.4. The molecule has 1 N–H and O–H groups in total. The van der Waals surface area contributed by atoms with Crippen LogP contribution in [0.4, 0.5) is 5.69 Å². The van der Waals surface area contributed by atoms with Crippen molar-refractivity contribution >= 4 is 18.1 Å². The maximum absolute atomic E-state index is 5.21. The molecule has 0 fully saturated rings. The molecule has 0 heterocycles. The fourth-order valence-electron chi connectivity index (χ4n) is 1.84. The third-order valence-corrected chi connectivity index (χ3v) is 3.05. The molecule has 2 aromatic rings. The first-order chi connectivity index (χ1) is 10.7. The zero-order valence-corrected chi connectivity index (χ0v) is 12.9. The van der Waals surface area contributed by atoms with Crippen LogP contribution >= 0.6 is 0 Å². The summed E-state index contributed by atoms with van der Waals surface area (Å²) in [6.07, 6.45) is 3.36. The molecule has 5 heteroatoms. The topological polar surface area (TPSA) is 55.2 Å². The van der Waals surface area contributed by atoms with E-state index in [0.717, 1.165) is 16.8 Å². The van der Waals surface area contributed by atoms with Crippen molar-refractivity contribution in [3.8, 4) is 11.5 Å². The molecule has 0 aliphatic rings. The van der Waals surface area contributed by atoms with Crippen molar-refractivity contribution in [3.63, 3.8) is 0 Å². The molecule has 0 aromatic heterocycles. The third kappa shape index (κ3) is 4.34. The van der Waals surface area contributed by atoms with Crippen molar-refractivity contribution in [1.29, 1.82) is 0 Å². The van der Waals surface area contributed by atoms with Crippen LogP contribution in [0.15, 0.2) is 52.7 Å². The maximum atomic E-state index is 5.21. The molecular weight excluding hydrogens is 278 g/mol. The molecule has 0 saturated heterocycles. The van der Waals surface area contributed by atoms with Gasteiger partial charge in [-0.25, -0.2) is 0 Å². The van der Waals surface area contributed by atoms with E-state index in [9.17, 15) is 0 Å². The summed E-state index contributed by atoms with van der Waals surface area (Å²) in [5.74, 6) is 1.43. The lowest BCUT2D eigenvalue weighted by Gasteiger charge is -2.04. The highest BCUT2D eigenvalue weighted by molar-refractivity contribution is 5.83. The van der Waals surface area contributed by atoms with Crippen LogP contribution in [-0.4, -0.2) is 33.7 Å². The van der Waals surface area contributed by atoms with Gasteiger partial charge in [-0.05, 0) is 29.8 Å². The van der Waals surface area contributed by atoms with Gasteiger partial charge in [-0.1, -0.05) is 12.1 Å². The average molecular weight is 297 g/mol. The Kier molecular flexibility index (Phi) is 5.54. The molecule has 0 aliphatic heterocycles. The Hall–Kier alpha value is -2.82. The number of rotatable bonds is 6. The molecular formula is C17H19N3O2. The minimum Gasteiger partial charge on any atom is -0.497 e. The number of hydrogen-bond donors (Lipinski definition) is 1. The lowest BCUT2D eigenvalue weighted by Crippen LogP contribution is -1.90. The van der Waals surface area contributed by atoms with Gasteiger partial charge in [0.2, 0.25) is 0 Å². The van der Waals surface area contributed by atoms with E-state index in [1.165, 1.54) is 0 Å². The zero-order chi connectivity index (χ0) is 15.8. The van der Waals surface area contributed by atoms with Crippen LogP contribution in [0.25, 0.3) is 0 Å². The van der Waals surface area contributed by atoms with E-state index in [4.69, 9.17) is 9.47 Å². The van der Waals surface area contributed by atoms with Gasteiger partial charge in [0.25, 0.3) is 0 Å². The number of nitrogens with zero attached hydrogens (tertiary/aromatic N) is 2. The Morgan fingerprint density at radius 3 is 1.86 bits per heavy atom. The molecule has 0 atom stereocenters. The summed E-state index contributed by atoms with van der Waals surface area (Å²) in [6, 6.07) is 13.4. The van der Waals surface area contributed by atoms with Crippen LogP contribution in [0.3, 0.4) is 0 Å². The van der Waals surface area contributed by atoms with Crippen LogP contribution < -0.4 is 14.8 Å². The molecule has 0 unspecified atom stereocenters. The fraction of sp³-hybridized carbons (Fsp3) is 0.176. The van der Waals surface area contributed by atoms with Gasteiger partial charge in [0.15, 0.2) is 0 Å².